The number of benzene rings is 1. The molecule has 0 atom stereocenters. The Morgan fingerprint density at radius 1 is 1.16 bits per heavy atom. The maximum absolute atomic E-state index is 13.1. The lowest BCUT2D eigenvalue weighted by molar-refractivity contribution is -0.137. The van der Waals surface area contributed by atoms with E-state index in [4.69, 9.17) is 11.6 Å². The number of hydrogen-bond donors (Lipinski definition) is 1. The van der Waals surface area contributed by atoms with Gasteiger partial charge in [0.2, 0.25) is 0 Å². The SMILES string of the molecule is CC(C)(C)c1nn(-c2cc(C(F)(F)F)ccc2Cl)c2c1CCCCN2. The van der Waals surface area contributed by atoms with Crippen LogP contribution < -0.4 is 5.32 Å². The summed E-state index contributed by atoms with van der Waals surface area (Å²) in [5, 5.41) is 8.23. The van der Waals surface area contributed by atoms with Crippen molar-refractivity contribution in [2.75, 3.05) is 11.9 Å². The van der Waals surface area contributed by atoms with E-state index in [1.807, 2.05) is 0 Å². The van der Waals surface area contributed by atoms with E-state index in [2.05, 4.69) is 31.2 Å². The summed E-state index contributed by atoms with van der Waals surface area (Å²) >= 11 is 6.23. The molecule has 7 heteroatoms. The Bertz CT molecular complexity index is 788. The fourth-order valence-corrected chi connectivity index (χ4v) is 3.33. The van der Waals surface area contributed by atoms with Crippen LogP contribution in [0.2, 0.25) is 5.02 Å². The summed E-state index contributed by atoms with van der Waals surface area (Å²) in [6.45, 7) is 6.93. The Labute approximate surface area is 150 Å². The molecular formula is C18H21ClF3N3. The van der Waals surface area contributed by atoms with Crippen LogP contribution in [0.5, 0.6) is 0 Å². The summed E-state index contributed by atoms with van der Waals surface area (Å²) < 4.78 is 40.9. The van der Waals surface area contributed by atoms with Crippen molar-refractivity contribution in [1.82, 2.24) is 9.78 Å². The van der Waals surface area contributed by atoms with E-state index in [0.29, 0.717) is 0 Å². The van der Waals surface area contributed by atoms with Gasteiger partial charge in [0, 0.05) is 17.5 Å². The molecule has 2 aromatic rings. The molecule has 0 radical (unpaired) electrons. The Balaban J connectivity index is 2.23. The van der Waals surface area contributed by atoms with Crippen molar-refractivity contribution in [2.24, 2.45) is 0 Å². The molecular weight excluding hydrogens is 351 g/mol. The molecule has 0 bridgehead atoms. The second-order valence-corrected chi connectivity index (χ2v) is 7.79. The van der Waals surface area contributed by atoms with Gasteiger partial charge < -0.3 is 5.32 Å². The lowest BCUT2D eigenvalue weighted by atomic mass is 9.88. The number of alkyl halides is 3. The van der Waals surface area contributed by atoms with Gasteiger partial charge in [-0.1, -0.05) is 32.4 Å². The van der Waals surface area contributed by atoms with E-state index in [-0.39, 0.29) is 16.1 Å². The average Bonchev–Trinajstić information content (AvgIpc) is 2.69. The molecule has 0 fully saturated rings. The predicted octanol–water partition coefficient (Wildman–Crippen LogP) is 5.59. The van der Waals surface area contributed by atoms with Crippen molar-refractivity contribution in [3.05, 3.63) is 40.0 Å². The second kappa shape index (κ2) is 6.24. The van der Waals surface area contributed by atoms with Crippen LogP contribution in [0.3, 0.4) is 0 Å². The van der Waals surface area contributed by atoms with Gasteiger partial charge in [0.25, 0.3) is 0 Å². The quantitative estimate of drug-likeness (QED) is 0.708. The summed E-state index contributed by atoms with van der Waals surface area (Å²) in [6.07, 6.45) is -1.55. The Hall–Kier alpha value is -1.69. The summed E-state index contributed by atoms with van der Waals surface area (Å²) in [5.41, 5.74) is 1.26. The van der Waals surface area contributed by atoms with Gasteiger partial charge >= 0.3 is 6.18 Å². The number of anilines is 1. The molecule has 3 nitrogen and oxygen atoms in total. The first kappa shape index (κ1) is 18.1. The minimum atomic E-state index is -4.43. The van der Waals surface area contributed by atoms with Crippen LogP contribution in [0, 0.1) is 0 Å². The zero-order valence-electron chi connectivity index (χ0n) is 14.5. The first-order valence-corrected chi connectivity index (χ1v) is 8.70. The highest BCUT2D eigenvalue weighted by Crippen LogP contribution is 2.38. The molecule has 0 amide bonds. The second-order valence-electron chi connectivity index (χ2n) is 7.39. The van der Waals surface area contributed by atoms with Gasteiger partial charge in [0.1, 0.15) is 5.82 Å². The third kappa shape index (κ3) is 3.50. The van der Waals surface area contributed by atoms with Gasteiger partial charge in [-0.25, -0.2) is 4.68 Å². The van der Waals surface area contributed by atoms with E-state index >= 15 is 0 Å². The zero-order valence-corrected chi connectivity index (χ0v) is 15.2. The first-order chi connectivity index (χ1) is 11.6. The van der Waals surface area contributed by atoms with Crippen LogP contribution in [0.1, 0.15) is 50.4 Å². The molecule has 0 saturated carbocycles. The molecule has 3 rings (SSSR count). The lowest BCUT2D eigenvalue weighted by Gasteiger charge is -2.17. The summed E-state index contributed by atoms with van der Waals surface area (Å²) in [6, 6.07) is 3.34. The molecule has 1 aliphatic rings. The molecule has 0 saturated heterocycles. The van der Waals surface area contributed by atoms with Gasteiger partial charge in [-0.05, 0) is 37.5 Å². The molecule has 1 N–H and O–H groups in total. The number of aromatic nitrogens is 2. The minimum absolute atomic E-state index is 0.213. The highest BCUT2D eigenvalue weighted by molar-refractivity contribution is 6.32. The van der Waals surface area contributed by atoms with E-state index in [1.165, 1.54) is 6.07 Å². The largest absolute Gasteiger partial charge is 0.416 e. The molecule has 1 aliphatic heterocycles. The van der Waals surface area contributed by atoms with Crippen LogP contribution in [0.15, 0.2) is 18.2 Å². The molecule has 1 aromatic carbocycles. The first-order valence-electron chi connectivity index (χ1n) is 8.32. The third-order valence-electron chi connectivity index (χ3n) is 4.34. The van der Waals surface area contributed by atoms with Gasteiger partial charge in [0.05, 0.1) is 22.0 Å². The maximum atomic E-state index is 13.1. The average molecular weight is 372 g/mol. The number of nitrogens with one attached hydrogen (secondary N) is 1. The lowest BCUT2D eigenvalue weighted by Crippen LogP contribution is -2.15. The maximum Gasteiger partial charge on any atom is 0.416 e. The van der Waals surface area contributed by atoms with Crippen LogP contribution in [-0.4, -0.2) is 16.3 Å². The smallest absolute Gasteiger partial charge is 0.370 e. The van der Waals surface area contributed by atoms with Crippen LogP contribution in [0.4, 0.5) is 19.0 Å². The molecule has 0 unspecified atom stereocenters. The topological polar surface area (TPSA) is 29.9 Å². The molecule has 2 heterocycles. The van der Waals surface area contributed by atoms with E-state index < -0.39 is 11.7 Å². The molecule has 1 aromatic heterocycles. The Morgan fingerprint density at radius 3 is 2.52 bits per heavy atom. The van der Waals surface area contributed by atoms with Crippen molar-refractivity contribution < 1.29 is 13.2 Å². The van der Waals surface area contributed by atoms with Crippen LogP contribution in [0.25, 0.3) is 5.69 Å². The van der Waals surface area contributed by atoms with E-state index in [0.717, 1.165) is 55.0 Å². The summed E-state index contributed by atoms with van der Waals surface area (Å²) in [4.78, 5) is 0. The third-order valence-corrected chi connectivity index (χ3v) is 4.66. The highest BCUT2D eigenvalue weighted by atomic mass is 35.5. The Morgan fingerprint density at radius 2 is 1.88 bits per heavy atom. The summed E-state index contributed by atoms with van der Waals surface area (Å²) in [5.74, 6) is 0.753. The predicted molar refractivity (Wildman–Crippen MR) is 93.7 cm³/mol. The monoisotopic (exact) mass is 371 g/mol. The van der Waals surface area contributed by atoms with Gasteiger partial charge in [0.15, 0.2) is 0 Å². The normalized spacial score (nSPS) is 15.5. The highest BCUT2D eigenvalue weighted by Gasteiger charge is 2.33. The molecule has 0 spiro atoms. The number of hydrogen-bond acceptors (Lipinski definition) is 2. The molecule has 136 valence electrons. The summed E-state index contributed by atoms with van der Waals surface area (Å²) in [7, 11) is 0. The van der Waals surface area contributed by atoms with E-state index in [1.54, 1.807) is 4.68 Å². The standard InChI is InChI=1S/C18H21ClF3N3/c1-17(2,3)15-12-6-4-5-9-23-16(12)25(24-15)14-10-11(18(20,21)22)7-8-13(14)19/h7-8,10,23H,4-6,9H2,1-3H3. The van der Waals surface area contributed by atoms with Gasteiger partial charge in [-0.15, -0.1) is 0 Å². The number of halogens is 4. The number of rotatable bonds is 1. The van der Waals surface area contributed by atoms with Crippen molar-refractivity contribution in [2.45, 2.75) is 51.6 Å². The van der Waals surface area contributed by atoms with Crippen LogP contribution in [-0.2, 0) is 18.0 Å². The van der Waals surface area contributed by atoms with Crippen molar-refractivity contribution >= 4 is 17.4 Å². The Kier molecular flexibility index (Phi) is 4.52. The van der Waals surface area contributed by atoms with Crippen molar-refractivity contribution in [1.29, 1.82) is 0 Å². The fourth-order valence-electron chi connectivity index (χ4n) is 3.13. The zero-order chi connectivity index (χ0) is 18.4. The van der Waals surface area contributed by atoms with Gasteiger partial charge in [-0.3, -0.25) is 0 Å². The van der Waals surface area contributed by atoms with Gasteiger partial charge in [-0.2, -0.15) is 18.3 Å². The minimum Gasteiger partial charge on any atom is -0.370 e. The van der Waals surface area contributed by atoms with Crippen molar-refractivity contribution in [3.8, 4) is 5.69 Å². The number of fused-ring (bicyclic) bond motifs is 1. The van der Waals surface area contributed by atoms with Crippen LogP contribution >= 0.6 is 11.6 Å². The van der Waals surface area contributed by atoms with Crippen molar-refractivity contribution in [3.63, 3.8) is 0 Å². The molecule has 0 aliphatic carbocycles. The fraction of sp³-hybridized carbons (Fsp3) is 0.500. The molecule has 25 heavy (non-hydrogen) atoms. The van der Waals surface area contributed by atoms with E-state index in [9.17, 15) is 13.2 Å². The number of nitrogens with zero attached hydrogens (tertiary/aromatic N) is 2.